The molecule has 8 nitrogen and oxygen atoms in total. The molecule has 0 aliphatic carbocycles. The number of amides is 1. The average molecular weight is 479 g/mol. The van der Waals surface area contributed by atoms with Crippen LogP contribution in [0.4, 0.5) is 24.5 Å². The van der Waals surface area contributed by atoms with Crippen LogP contribution in [0.3, 0.4) is 0 Å². The number of aromatic nitrogens is 1. The topological polar surface area (TPSA) is 109 Å². The van der Waals surface area contributed by atoms with E-state index >= 15 is 0 Å². The molecule has 33 heavy (non-hydrogen) atoms. The molecule has 2 N–H and O–H groups in total. The number of hydrogen-bond acceptors (Lipinski definition) is 6. The molecular weight excluding hydrogens is 463 g/mol. The molecule has 0 saturated heterocycles. The van der Waals surface area contributed by atoms with E-state index in [1.165, 1.54) is 36.5 Å². The van der Waals surface area contributed by atoms with Crippen molar-refractivity contribution in [2.24, 2.45) is 0 Å². The van der Waals surface area contributed by atoms with Crippen LogP contribution in [0.1, 0.15) is 15.9 Å². The van der Waals surface area contributed by atoms with Crippen LogP contribution >= 0.6 is 0 Å². The lowest BCUT2D eigenvalue weighted by Crippen LogP contribution is -2.32. The number of aromatic hydroxyl groups is 1. The van der Waals surface area contributed by atoms with Gasteiger partial charge in [-0.2, -0.15) is 13.2 Å². The van der Waals surface area contributed by atoms with Gasteiger partial charge in [0.1, 0.15) is 22.8 Å². The number of benzene rings is 2. The lowest BCUT2D eigenvalue weighted by molar-refractivity contribution is -0.137. The molecule has 0 spiro atoms. The number of carbonyl (C=O) groups is 1. The number of alkyl halides is 3. The van der Waals surface area contributed by atoms with Gasteiger partial charge in [-0.15, -0.1) is 0 Å². The van der Waals surface area contributed by atoms with Crippen molar-refractivity contribution in [3.8, 4) is 11.6 Å². The van der Waals surface area contributed by atoms with Crippen LogP contribution in [0.15, 0.2) is 65.7 Å². The highest BCUT2D eigenvalue weighted by molar-refractivity contribution is 7.93. The van der Waals surface area contributed by atoms with Crippen molar-refractivity contribution >= 4 is 27.3 Å². The fourth-order valence-corrected chi connectivity index (χ4v) is 4.85. The van der Waals surface area contributed by atoms with Crippen molar-refractivity contribution < 1.29 is 36.2 Å². The maximum atomic E-state index is 13.3. The zero-order valence-electron chi connectivity index (χ0n) is 16.7. The highest BCUT2D eigenvalue weighted by Crippen LogP contribution is 2.36. The SMILES string of the molecule is O=C(Nc1ccc2c(c1)S(=O)(=O)N(c1ccc(C(F)(F)F)cc1)CCO2)c1cccnc1O. The molecule has 0 atom stereocenters. The van der Waals surface area contributed by atoms with Crippen molar-refractivity contribution in [1.82, 2.24) is 4.98 Å². The van der Waals surface area contributed by atoms with Crippen LogP contribution in [-0.4, -0.2) is 37.6 Å². The van der Waals surface area contributed by atoms with Gasteiger partial charge in [0, 0.05) is 11.9 Å². The molecule has 3 aromatic rings. The fourth-order valence-electron chi connectivity index (χ4n) is 3.24. The van der Waals surface area contributed by atoms with Crippen LogP contribution in [0.25, 0.3) is 0 Å². The predicted molar refractivity (Wildman–Crippen MR) is 112 cm³/mol. The fraction of sp³-hybridized carbons (Fsp3) is 0.143. The summed E-state index contributed by atoms with van der Waals surface area (Å²) in [6.45, 7) is -0.170. The molecule has 1 aromatic heterocycles. The molecule has 2 heterocycles. The first-order valence-corrected chi connectivity index (χ1v) is 10.9. The van der Waals surface area contributed by atoms with E-state index in [-0.39, 0.29) is 40.7 Å². The molecular formula is C21H16F3N3O5S. The zero-order chi connectivity index (χ0) is 23.8. The summed E-state index contributed by atoms with van der Waals surface area (Å²) in [5.41, 5.74) is -0.880. The van der Waals surface area contributed by atoms with Gasteiger partial charge in [-0.25, -0.2) is 13.4 Å². The third-order valence-corrected chi connectivity index (χ3v) is 6.68. The maximum Gasteiger partial charge on any atom is 0.416 e. The molecule has 0 bridgehead atoms. The summed E-state index contributed by atoms with van der Waals surface area (Å²) in [5, 5.41) is 12.2. The third kappa shape index (κ3) is 4.42. The Morgan fingerprint density at radius 3 is 2.52 bits per heavy atom. The van der Waals surface area contributed by atoms with E-state index in [1.54, 1.807) is 0 Å². The van der Waals surface area contributed by atoms with E-state index < -0.39 is 33.6 Å². The van der Waals surface area contributed by atoms with Crippen molar-refractivity contribution in [2.75, 3.05) is 22.8 Å². The van der Waals surface area contributed by atoms with Crippen molar-refractivity contribution in [1.29, 1.82) is 0 Å². The number of carbonyl (C=O) groups excluding carboxylic acids is 1. The Kier molecular flexibility index (Phi) is 5.62. The molecule has 1 aliphatic rings. The largest absolute Gasteiger partial charge is 0.493 e. The predicted octanol–water partition coefficient (Wildman–Crippen LogP) is 3.65. The van der Waals surface area contributed by atoms with Crippen LogP contribution < -0.4 is 14.4 Å². The number of halogens is 3. The van der Waals surface area contributed by atoms with Crippen LogP contribution in [0.5, 0.6) is 11.6 Å². The molecule has 2 aromatic carbocycles. The minimum atomic E-state index is -4.55. The van der Waals surface area contributed by atoms with Gasteiger partial charge < -0.3 is 15.2 Å². The monoisotopic (exact) mass is 479 g/mol. The first-order valence-electron chi connectivity index (χ1n) is 9.49. The normalized spacial score (nSPS) is 15.2. The first-order chi connectivity index (χ1) is 15.6. The summed E-state index contributed by atoms with van der Waals surface area (Å²) in [6, 6.07) is 10.5. The van der Waals surface area contributed by atoms with Gasteiger partial charge in [0.05, 0.1) is 17.8 Å². The second-order valence-electron chi connectivity index (χ2n) is 6.96. The van der Waals surface area contributed by atoms with Gasteiger partial charge >= 0.3 is 6.18 Å². The Hall–Kier alpha value is -3.80. The number of hydrogen-bond donors (Lipinski definition) is 2. The van der Waals surface area contributed by atoms with Gasteiger partial charge in [0.15, 0.2) is 0 Å². The Bertz CT molecular complexity index is 1310. The Morgan fingerprint density at radius 1 is 1.12 bits per heavy atom. The number of sulfonamides is 1. The van der Waals surface area contributed by atoms with Crippen molar-refractivity contribution in [3.63, 3.8) is 0 Å². The molecule has 0 fully saturated rings. The number of nitrogens with zero attached hydrogens (tertiary/aromatic N) is 2. The van der Waals surface area contributed by atoms with Gasteiger partial charge in [0.2, 0.25) is 5.88 Å². The maximum absolute atomic E-state index is 13.3. The lowest BCUT2D eigenvalue weighted by Gasteiger charge is -2.22. The second-order valence-corrected chi connectivity index (χ2v) is 8.79. The summed E-state index contributed by atoms with van der Waals surface area (Å²) in [4.78, 5) is 15.8. The minimum absolute atomic E-state index is 0.0339. The standard InChI is InChI=1S/C21H16F3N3O5S/c22-21(23,24)13-3-6-15(7-4-13)27-10-11-32-17-8-5-14(12-18(17)33(27,30)31)26-20(29)16-2-1-9-25-19(16)28/h1-9,12H,10-11H2,(H,25,28)(H,26,29). The summed E-state index contributed by atoms with van der Waals surface area (Å²) in [7, 11) is -4.24. The van der Waals surface area contributed by atoms with Crippen LogP contribution in [0.2, 0.25) is 0 Å². The molecule has 12 heteroatoms. The molecule has 0 unspecified atom stereocenters. The van der Waals surface area contributed by atoms with E-state index in [1.807, 2.05) is 0 Å². The smallest absolute Gasteiger partial charge is 0.416 e. The summed E-state index contributed by atoms with van der Waals surface area (Å²) >= 11 is 0. The molecule has 0 radical (unpaired) electrons. The molecule has 1 amide bonds. The van der Waals surface area contributed by atoms with Gasteiger partial charge in [-0.1, -0.05) is 0 Å². The average Bonchev–Trinajstić information content (AvgIpc) is 2.89. The number of ether oxygens (including phenoxy) is 1. The van der Waals surface area contributed by atoms with E-state index in [2.05, 4.69) is 10.3 Å². The number of rotatable bonds is 3. The lowest BCUT2D eigenvalue weighted by atomic mass is 10.2. The van der Waals surface area contributed by atoms with Gasteiger partial charge in [0.25, 0.3) is 15.9 Å². The second kappa shape index (κ2) is 8.28. The summed E-state index contributed by atoms with van der Waals surface area (Å²) < 4.78 is 71.7. The molecule has 172 valence electrons. The zero-order valence-corrected chi connectivity index (χ0v) is 17.5. The highest BCUT2D eigenvalue weighted by Gasteiger charge is 2.34. The Morgan fingerprint density at radius 2 is 1.85 bits per heavy atom. The van der Waals surface area contributed by atoms with E-state index in [0.29, 0.717) is 0 Å². The number of anilines is 2. The third-order valence-electron chi connectivity index (χ3n) is 4.84. The minimum Gasteiger partial charge on any atom is -0.493 e. The van der Waals surface area contributed by atoms with Crippen molar-refractivity contribution in [3.05, 3.63) is 71.9 Å². The van der Waals surface area contributed by atoms with E-state index in [4.69, 9.17) is 4.74 Å². The molecule has 1 aliphatic heterocycles. The Balaban J connectivity index is 1.67. The van der Waals surface area contributed by atoms with Gasteiger partial charge in [-0.05, 0) is 54.6 Å². The van der Waals surface area contributed by atoms with Crippen molar-refractivity contribution in [2.45, 2.75) is 11.1 Å². The van der Waals surface area contributed by atoms with Gasteiger partial charge in [-0.3, -0.25) is 9.10 Å². The summed E-state index contributed by atoms with van der Waals surface area (Å²) in [6.07, 6.45) is -3.25. The van der Waals surface area contributed by atoms with Crippen LogP contribution in [0, 0.1) is 0 Å². The molecule has 0 saturated carbocycles. The molecule has 4 rings (SSSR count). The highest BCUT2D eigenvalue weighted by atomic mass is 32.2. The van der Waals surface area contributed by atoms with E-state index in [9.17, 15) is 31.5 Å². The quantitative estimate of drug-likeness (QED) is 0.594. The summed E-state index contributed by atoms with van der Waals surface area (Å²) in [5.74, 6) is -1.17. The first kappa shape index (κ1) is 22.4. The number of pyridine rings is 1. The van der Waals surface area contributed by atoms with E-state index in [0.717, 1.165) is 28.6 Å². The van der Waals surface area contributed by atoms with Crippen LogP contribution in [-0.2, 0) is 16.2 Å². The number of fused-ring (bicyclic) bond motifs is 1. The Labute approximate surface area is 186 Å². The number of nitrogens with one attached hydrogen (secondary N) is 1.